The second-order valence-corrected chi connectivity index (χ2v) is 4.48. The van der Waals surface area contributed by atoms with Gasteiger partial charge in [0.25, 0.3) is 0 Å². The molecule has 5 heteroatoms. The molecule has 0 amide bonds. The van der Waals surface area contributed by atoms with Gasteiger partial charge in [-0.15, -0.1) is 0 Å². The van der Waals surface area contributed by atoms with Crippen LogP contribution in [0.2, 0.25) is 5.15 Å². The molecule has 0 fully saturated rings. The van der Waals surface area contributed by atoms with Gasteiger partial charge in [0.2, 0.25) is 0 Å². The maximum atomic E-state index is 13.5. The molecule has 0 saturated heterocycles. The molecule has 0 unspecified atom stereocenters. The molecule has 0 saturated carbocycles. The number of fused-ring (bicyclic) bond motifs is 1. The Bertz CT molecular complexity index is 745. The van der Waals surface area contributed by atoms with Crippen LogP contribution in [0.5, 0.6) is 0 Å². The Morgan fingerprint density at radius 3 is 2.68 bits per heavy atom. The minimum absolute atomic E-state index is 0.171. The number of halogens is 2. The Hall–Kier alpha value is -2.07. The van der Waals surface area contributed by atoms with Crippen molar-refractivity contribution in [2.75, 3.05) is 0 Å². The van der Waals surface area contributed by atoms with E-state index < -0.39 is 5.82 Å². The van der Waals surface area contributed by atoms with Gasteiger partial charge in [0, 0.05) is 17.1 Å². The number of aryl methyl sites for hydroxylation is 1. The fourth-order valence-corrected chi connectivity index (χ4v) is 2.15. The molecule has 2 aromatic heterocycles. The lowest BCUT2D eigenvalue weighted by Gasteiger charge is -2.06. The third-order valence-corrected chi connectivity index (χ3v) is 3.10. The van der Waals surface area contributed by atoms with Crippen molar-refractivity contribution in [3.05, 3.63) is 53.2 Å². The van der Waals surface area contributed by atoms with Gasteiger partial charge in [-0.1, -0.05) is 29.8 Å². The topological polar surface area (TPSA) is 38.7 Å². The second kappa shape index (κ2) is 4.55. The lowest BCUT2D eigenvalue weighted by atomic mass is 10.1. The Morgan fingerprint density at radius 1 is 1.11 bits per heavy atom. The maximum absolute atomic E-state index is 13.5. The monoisotopic (exact) mass is 273 g/mol. The summed E-state index contributed by atoms with van der Waals surface area (Å²) in [5.41, 5.74) is 1.73. The highest BCUT2D eigenvalue weighted by Crippen LogP contribution is 2.26. The SMILES string of the molecule is Cc1nc(-c2cccc3cccnc23)nc(Cl)c1F. The largest absolute Gasteiger partial charge is 0.255 e. The van der Waals surface area contributed by atoms with Crippen molar-refractivity contribution in [3.63, 3.8) is 0 Å². The van der Waals surface area contributed by atoms with E-state index >= 15 is 0 Å². The second-order valence-electron chi connectivity index (χ2n) is 4.12. The van der Waals surface area contributed by atoms with Crippen LogP contribution in [-0.2, 0) is 0 Å². The average Bonchev–Trinajstić information content (AvgIpc) is 2.43. The number of hydrogen-bond donors (Lipinski definition) is 0. The van der Waals surface area contributed by atoms with E-state index in [4.69, 9.17) is 11.6 Å². The lowest BCUT2D eigenvalue weighted by Crippen LogP contribution is -1.98. The number of pyridine rings is 1. The molecule has 0 atom stereocenters. The summed E-state index contributed by atoms with van der Waals surface area (Å²) in [5, 5.41) is 0.803. The van der Waals surface area contributed by atoms with Crippen LogP contribution in [0, 0.1) is 12.7 Å². The molecule has 1 aromatic carbocycles. The summed E-state index contributed by atoms with van der Waals surface area (Å²) >= 11 is 5.77. The van der Waals surface area contributed by atoms with Crippen LogP contribution in [0.15, 0.2) is 36.5 Å². The van der Waals surface area contributed by atoms with Gasteiger partial charge in [0.1, 0.15) is 0 Å². The van der Waals surface area contributed by atoms with Crippen LogP contribution in [0.25, 0.3) is 22.3 Å². The summed E-state index contributed by atoms with van der Waals surface area (Å²) in [6, 6.07) is 9.48. The molecule has 0 aliphatic heterocycles. The summed E-state index contributed by atoms with van der Waals surface area (Å²) in [5.74, 6) is -0.202. The van der Waals surface area contributed by atoms with E-state index in [0.29, 0.717) is 5.82 Å². The van der Waals surface area contributed by atoms with Crippen molar-refractivity contribution in [3.8, 4) is 11.4 Å². The van der Waals surface area contributed by atoms with Gasteiger partial charge in [-0.25, -0.2) is 14.4 Å². The molecule has 3 nitrogen and oxygen atoms in total. The van der Waals surface area contributed by atoms with Crippen LogP contribution < -0.4 is 0 Å². The molecule has 3 aromatic rings. The molecule has 0 radical (unpaired) electrons. The minimum atomic E-state index is -0.585. The van der Waals surface area contributed by atoms with Crippen molar-refractivity contribution in [1.29, 1.82) is 0 Å². The van der Waals surface area contributed by atoms with Crippen molar-refractivity contribution in [2.45, 2.75) is 6.92 Å². The van der Waals surface area contributed by atoms with E-state index in [1.54, 1.807) is 13.1 Å². The highest BCUT2D eigenvalue weighted by atomic mass is 35.5. The predicted molar refractivity (Wildman–Crippen MR) is 72.5 cm³/mol. The third-order valence-electron chi connectivity index (χ3n) is 2.85. The highest BCUT2D eigenvalue weighted by Gasteiger charge is 2.13. The molecule has 0 aliphatic rings. The maximum Gasteiger partial charge on any atom is 0.181 e. The van der Waals surface area contributed by atoms with Crippen molar-refractivity contribution in [1.82, 2.24) is 15.0 Å². The number of benzene rings is 1. The Balaban J connectivity index is 2.31. The Labute approximate surface area is 114 Å². The van der Waals surface area contributed by atoms with E-state index in [1.165, 1.54) is 0 Å². The summed E-state index contributed by atoms with van der Waals surface area (Å²) < 4.78 is 13.5. The predicted octanol–water partition coefficient (Wildman–Crippen LogP) is 3.79. The standard InChI is InChI=1S/C14H9ClFN3/c1-8-11(16)13(15)19-14(18-8)10-6-2-4-9-5-3-7-17-12(9)10/h2-7H,1H3. The van der Waals surface area contributed by atoms with E-state index in [2.05, 4.69) is 15.0 Å². The van der Waals surface area contributed by atoms with Crippen LogP contribution in [-0.4, -0.2) is 15.0 Å². The zero-order valence-electron chi connectivity index (χ0n) is 10.1. The first kappa shape index (κ1) is 12.0. The Kier molecular flexibility index (Phi) is 2.87. The van der Waals surface area contributed by atoms with Crippen LogP contribution in [0.3, 0.4) is 0 Å². The molecule has 0 spiro atoms. The first-order valence-corrected chi connectivity index (χ1v) is 6.08. The van der Waals surface area contributed by atoms with E-state index in [-0.39, 0.29) is 10.8 Å². The van der Waals surface area contributed by atoms with Crippen LogP contribution in [0.4, 0.5) is 4.39 Å². The van der Waals surface area contributed by atoms with Gasteiger partial charge in [-0.3, -0.25) is 4.98 Å². The Morgan fingerprint density at radius 2 is 1.89 bits per heavy atom. The van der Waals surface area contributed by atoms with Gasteiger partial charge in [-0.05, 0) is 19.1 Å². The first-order chi connectivity index (χ1) is 9.16. The molecule has 94 valence electrons. The molecule has 3 rings (SSSR count). The first-order valence-electron chi connectivity index (χ1n) is 5.70. The van der Waals surface area contributed by atoms with Gasteiger partial charge in [0.15, 0.2) is 16.8 Å². The van der Waals surface area contributed by atoms with Crippen molar-refractivity contribution < 1.29 is 4.39 Å². The molecule has 2 heterocycles. The number of para-hydroxylation sites is 1. The number of nitrogens with zero attached hydrogens (tertiary/aromatic N) is 3. The van der Waals surface area contributed by atoms with Gasteiger partial charge >= 0.3 is 0 Å². The number of rotatable bonds is 1. The molecule has 0 N–H and O–H groups in total. The highest BCUT2D eigenvalue weighted by molar-refractivity contribution is 6.29. The van der Waals surface area contributed by atoms with Gasteiger partial charge in [-0.2, -0.15) is 0 Å². The number of hydrogen-bond acceptors (Lipinski definition) is 3. The molecule has 19 heavy (non-hydrogen) atoms. The molecule has 0 aliphatic carbocycles. The molecule has 0 bridgehead atoms. The average molecular weight is 274 g/mol. The summed E-state index contributed by atoms with van der Waals surface area (Å²) in [6.07, 6.45) is 1.70. The lowest BCUT2D eigenvalue weighted by molar-refractivity contribution is 0.603. The van der Waals surface area contributed by atoms with E-state index in [1.807, 2.05) is 30.3 Å². The van der Waals surface area contributed by atoms with E-state index in [9.17, 15) is 4.39 Å². The van der Waals surface area contributed by atoms with Crippen LogP contribution in [0.1, 0.15) is 5.69 Å². The zero-order valence-corrected chi connectivity index (χ0v) is 10.8. The van der Waals surface area contributed by atoms with Crippen molar-refractivity contribution in [2.24, 2.45) is 0 Å². The smallest absolute Gasteiger partial charge is 0.181 e. The fourth-order valence-electron chi connectivity index (χ4n) is 1.93. The normalized spacial score (nSPS) is 10.9. The zero-order chi connectivity index (χ0) is 13.4. The van der Waals surface area contributed by atoms with Gasteiger partial charge in [0.05, 0.1) is 11.2 Å². The van der Waals surface area contributed by atoms with Crippen LogP contribution >= 0.6 is 11.6 Å². The van der Waals surface area contributed by atoms with Gasteiger partial charge < -0.3 is 0 Å². The molecular weight excluding hydrogens is 265 g/mol. The van der Waals surface area contributed by atoms with E-state index in [0.717, 1.165) is 16.5 Å². The third kappa shape index (κ3) is 2.04. The summed E-state index contributed by atoms with van der Waals surface area (Å²) in [7, 11) is 0. The molecular formula is C14H9ClFN3. The summed E-state index contributed by atoms with van der Waals surface area (Å²) in [4.78, 5) is 12.5. The number of aromatic nitrogens is 3. The minimum Gasteiger partial charge on any atom is -0.255 e. The quantitative estimate of drug-likeness (QED) is 0.633. The summed E-state index contributed by atoms with van der Waals surface area (Å²) in [6.45, 7) is 1.56. The fraction of sp³-hybridized carbons (Fsp3) is 0.0714. The van der Waals surface area contributed by atoms with Crippen molar-refractivity contribution >= 4 is 22.5 Å².